The standard InChI is InChI=1S/C4H9N7O/c5-2-1-3(8-4(6)12)10-11(7)9-2/h1,10H,7H2,(H2,5,9)(H3,6,8,12). The molecule has 0 atom stereocenters. The lowest BCUT2D eigenvalue weighted by Gasteiger charge is -2.21. The van der Waals surface area contributed by atoms with Crippen molar-refractivity contribution in [3.05, 3.63) is 11.9 Å². The highest BCUT2D eigenvalue weighted by atomic mass is 16.2. The molecule has 0 aromatic heterocycles. The van der Waals surface area contributed by atoms with Crippen LogP contribution in [-0.2, 0) is 0 Å². The summed E-state index contributed by atoms with van der Waals surface area (Å²) in [4.78, 5) is 10.4. The highest BCUT2D eigenvalue weighted by Crippen LogP contribution is 1.91. The number of hydrazone groups is 1. The molecule has 8 N–H and O–H groups in total. The zero-order valence-electron chi connectivity index (χ0n) is 6.11. The van der Waals surface area contributed by atoms with Crippen molar-refractivity contribution in [3.8, 4) is 0 Å². The number of urea groups is 1. The number of hydrogen-bond acceptors (Lipinski definition) is 6. The number of amides is 2. The van der Waals surface area contributed by atoms with E-state index in [-0.39, 0.29) is 11.7 Å². The molecule has 0 aliphatic carbocycles. The fraction of sp³-hybridized carbons (Fsp3) is 0. The molecule has 2 amide bonds. The SMILES string of the molecule is NC(=O)NC1=CC(N)=NN(N)N1. The van der Waals surface area contributed by atoms with Crippen molar-refractivity contribution in [3.63, 3.8) is 0 Å². The number of carbonyl (C=O) groups is 1. The Labute approximate surface area is 68.0 Å². The molecular formula is C4H9N7O. The van der Waals surface area contributed by atoms with E-state index in [1.165, 1.54) is 6.08 Å². The van der Waals surface area contributed by atoms with Crippen LogP contribution in [0.3, 0.4) is 0 Å². The first-order chi connectivity index (χ1) is 5.58. The van der Waals surface area contributed by atoms with Gasteiger partial charge in [0.05, 0.1) is 0 Å². The molecule has 0 saturated carbocycles. The van der Waals surface area contributed by atoms with Crippen molar-refractivity contribution in [2.45, 2.75) is 0 Å². The van der Waals surface area contributed by atoms with Gasteiger partial charge in [-0.15, -0.1) is 10.3 Å². The van der Waals surface area contributed by atoms with Gasteiger partial charge in [0, 0.05) is 6.08 Å². The molecule has 0 radical (unpaired) electrons. The number of nitrogens with zero attached hydrogens (tertiary/aromatic N) is 2. The molecule has 1 rings (SSSR count). The molecule has 8 heteroatoms. The van der Waals surface area contributed by atoms with Crippen LogP contribution in [0.2, 0.25) is 0 Å². The van der Waals surface area contributed by atoms with Crippen LogP contribution in [0, 0.1) is 0 Å². The first-order valence-corrected chi connectivity index (χ1v) is 3.01. The molecular weight excluding hydrogens is 162 g/mol. The fourth-order valence-corrected chi connectivity index (χ4v) is 0.679. The Morgan fingerprint density at radius 2 is 2.42 bits per heavy atom. The Morgan fingerprint density at radius 1 is 1.75 bits per heavy atom. The van der Waals surface area contributed by atoms with E-state index in [1.807, 2.05) is 0 Å². The van der Waals surface area contributed by atoms with Crippen LogP contribution in [0.15, 0.2) is 17.0 Å². The van der Waals surface area contributed by atoms with Crippen LogP contribution in [0.25, 0.3) is 0 Å². The fourth-order valence-electron chi connectivity index (χ4n) is 0.679. The summed E-state index contributed by atoms with van der Waals surface area (Å²) in [7, 11) is 0. The number of nitrogens with one attached hydrogen (secondary N) is 2. The summed E-state index contributed by atoms with van der Waals surface area (Å²) in [6, 6.07) is -0.711. The van der Waals surface area contributed by atoms with Crippen LogP contribution in [0.1, 0.15) is 0 Å². The predicted octanol–water partition coefficient (Wildman–Crippen LogP) is -2.54. The van der Waals surface area contributed by atoms with Crippen molar-refractivity contribution in [2.75, 3.05) is 0 Å². The largest absolute Gasteiger partial charge is 0.382 e. The lowest BCUT2D eigenvalue weighted by molar-refractivity contribution is 0.213. The zero-order valence-corrected chi connectivity index (χ0v) is 6.11. The van der Waals surface area contributed by atoms with Crippen LogP contribution in [0.4, 0.5) is 4.79 Å². The van der Waals surface area contributed by atoms with Gasteiger partial charge < -0.3 is 11.5 Å². The molecule has 1 aliphatic rings. The second-order valence-corrected chi connectivity index (χ2v) is 2.03. The van der Waals surface area contributed by atoms with Gasteiger partial charge >= 0.3 is 6.03 Å². The third-order valence-corrected chi connectivity index (χ3v) is 1.01. The van der Waals surface area contributed by atoms with E-state index < -0.39 is 6.03 Å². The summed E-state index contributed by atoms with van der Waals surface area (Å²) in [5.74, 6) is 5.66. The average molecular weight is 171 g/mol. The van der Waals surface area contributed by atoms with Crippen molar-refractivity contribution in [2.24, 2.45) is 22.4 Å². The van der Waals surface area contributed by atoms with Gasteiger partial charge in [0.25, 0.3) is 0 Å². The Hall–Kier alpha value is -1.96. The lowest BCUT2D eigenvalue weighted by Crippen LogP contribution is -2.48. The number of rotatable bonds is 1. The first kappa shape index (κ1) is 8.14. The number of hydrogen-bond donors (Lipinski definition) is 5. The van der Waals surface area contributed by atoms with Crippen LogP contribution in [0.5, 0.6) is 0 Å². The van der Waals surface area contributed by atoms with Gasteiger partial charge in [-0.2, -0.15) is 0 Å². The molecule has 1 aliphatic heterocycles. The van der Waals surface area contributed by atoms with Crippen molar-refractivity contribution < 1.29 is 4.79 Å². The maximum atomic E-state index is 10.4. The average Bonchev–Trinajstić information content (AvgIpc) is 1.81. The van der Waals surface area contributed by atoms with Gasteiger partial charge in [0.2, 0.25) is 0 Å². The Bertz CT molecular complexity index is 256. The van der Waals surface area contributed by atoms with Gasteiger partial charge in [-0.3, -0.25) is 10.7 Å². The van der Waals surface area contributed by atoms with E-state index in [0.717, 1.165) is 5.23 Å². The highest BCUT2D eigenvalue weighted by Gasteiger charge is 2.08. The molecule has 8 nitrogen and oxygen atoms in total. The van der Waals surface area contributed by atoms with E-state index >= 15 is 0 Å². The van der Waals surface area contributed by atoms with Crippen LogP contribution in [-0.4, -0.2) is 17.1 Å². The normalized spacial score (nSPS) is 15.9. The smallest absolute Gasteiger partial charge is 0.317 e. The maximum absolute atomic E-state index is 10.4. The molecule has 1 heterocycles. The van der Waals surface area contributed by atoms with E-state index in [4.69, 9.17) is 17.3 Å². The molecule has 12 heavy (non-hydrogen) atoms. The van der Waals surface area contributed by atoms with Crippen molar-refractivity contribution in [1.29, 1.82) is 0 Å². The molecule has 0 bridgehead atoms. The Balaban J connectivity index is 2.66. The Morgan fingerprint density at radius 3 is 2.92 bits per heavy atom. The number of amidine groups is 1. The molecule has 0 unspecified atom stereocenters. The monoisotopic (exact) mass is 171 g/mol. The molecule has 0 fully saturated rings. The molecule has 0 spiro atoms. The highest BCUT2D eigenvalue weighted by molar-refractivity contribution is 5.92. The zero-order chi connectivity index (χ0) is 9.14. The third-order valence-electron chi connectivity index (χ3n) is 1.01. The minimum Gasteiger partial charge on any atom is -0.382 e. The summed E-state index contributed by atoms with van der Waals surface area (Å²) in [5.41, 5.74) is 12.6. The van der Waals surface area contributed by atoms with Crippen LogP contribution >= 0.6 is 0 Å². The van der Waals surface area contributed by atoms with Crippen molar-refractivity contribution in [1.82, 2.24) is 16.0 Å². The third kappa shape index (κ3) is 2.02. The van der Waals surface area contributed by atoms with Crippen LogP contribution < -0.4 is 28.1 Å². The summed E-state index contributed by atoms with van der Waals surface area (Å²) in [5, 5.41) is 6.68. The van der Waals surface area contributed by atoms with Gasteiger partial charge in [-0.1, -0.05) is 0 Å². The minimum atomic E-state index is -0.711. The number of primary amides is 1. The molecule has 0 saturated heterocycles. The second-order valence-electron chi connectivity index (χ2n) is 2.03. The van der Waals surface area contributed by atoms with E-state index in [2.05, 4.69) is 15.8 Å². The summed E-state index contributed by atoms with van der Waals surface area (Å²) in [6.07, 6.45) is 1.38. The van der Waals surface area contributed by atoms with E-state index in [0.29, 0.717) is 0 Å². The topological polar surface area (TPSA) is 135 Å². The summed E-state index contributed by atoms with van der Waals surface area (Å²) in [6.45, 7) is 0. The summed E-state index contributed by atoms with van der Waals surface area (Å²) < 4.78 is 0. The minimum absolute atomic E-state index is 0.167. The Kier molecular flexibility index (Phi) is 2.01. The number of nitrogens with two attached hydrogens (primary N) is 3. The van der Waals surface area contributed by atoms with Gasteiger partial charge in [-0.05, 0) is 0 Å². The molecule has 0 aromatic rings. The van der Waals surface area contributed by atoms with Crippen molar-refractivity contribution >= 4 is 11.9 Å². The number of hydrazine groups is 2. The van der Waals surface area contributed by atoms with Gasteiger partial charge in [0.1, 0.15) is 5.82 Å². The second kappa shape index (κ2) is 2.96. The quantitative estimate of drug-likeness (QED) is 0.277. The molecule has 0 aromatic carbocycles. The maximum Gasteiger partial charge on any atom is 0.317 e. The van der Waals surface area contributed by atoms with E-state index in [1.54, 1.807) is 0 Å². The predicted molar refractivity (Wildman–Crippen MR) is 41.6 cm³/mol. The first-order valence-electron chi connectivity index (χ1n) is 3.01. The number of carbonyl (C=O) groups excluding carboxylic acids is 1. The van der Waals surface area contributed by atoms with Gasteiger partial charge in [0.15, 0.2) is 5.84 Å². The van der Waals surface area contributed by atoms with E-state index in [9.17, 15) is 4.79 Å². The summed E-state index contributed by atoms with van der Waals surface area (Å²) >= 11 is 0. The lowest BCUT2D eigenvalue weighted by atomic mass is 10.5. The molecule has 66 valence electrons. The van der Waals surface area contributed by atoms with Gasteiger partial charge in [-0.25, -0.2) is 10.6 Å².